The second kappa shape index (κ2) is 9.39. The molecule has 7 nitrogen and oxygen atoms in total. The summed E-state index contributed by atoms with van der Waals surface area (Å²) in [6.07, 6.45) is 7.68. The standard InChI is InChI=1S/C26H35FN4O3/c1-16(2)31-24(33)23-22(28-17(3)32)20-14-18(27)12-13-21(20)30(23)15-26(31,4)25(34)29-19-10-8-6-5-7-9-11-19/h12-14,16,19H,5-11,15H2,1-4H3,(H,28,32)(H,29,34). The number of nitrogens with zero attached hydrogens (tertiary/aromatic N) is 2. The minimum Gasteiger partial charge on any atom is -0.351 e. The van der Waals surface area contributed by atoms with Gasteiger partial charge in [0.05, 0.1) is 17.7 Å². The van der Waals surface area contributed by atoms with E-state index in [1.165, 1.54) is 38.3 Å². The summed E-state index contributed by atoms with van der Waals surface area (Å²) in [6.45, 7) is 7.14. The molecule has 1 aromatic heterocycles. The van der Waals surface area contributed by atoms with Crippen LogP contribution in [0.1, 0.15) is 83.1 Å². The fourth-order valence-electron chi connectivity index (χ4n) is 5.67. The third kappa shape index (κ3) is 4.30. The molecule has 3 amide bonds. The molecule has 1 saturated carbocycles. The lowest BCUT2D eigenvalue weighted by Gasteiger charge is -2.47. The topological polar surface area (TPSA) is 83.4 Å². The molecule has 2 N–H and O–H groups in total. The smallest absolute Gasteiger partial charge is 0.273 e. The van der Waals surface area contributed by atoms with E-state index in [0.29, 0.717) is 16.6 Å². The van der Waals surface area contributed by atoms with Crippen LogP contribution < -0.4 is 10.6 Å². The zero-order valence-electron chi connectivity index (χ0n) is 20.5. The van der Waals surface area contributed by atoms with Crippen LogP contribution in [0.15, 0.2) is 18.2 Å². The zero-order chi connectivity index (χ0) is 24.6. The Hall–Kier alpha value is -2.90. The van der Waals surface area contributed by atoms with Crippen molar-refractivity contribution in [1.82, 2.24) is 14.8 Å². The Morgan fingerprint density at radius 2 is 1.76 bits per heavy atom. The number of nitrogens with one attached hydrogen (secondary N) is 2. The lowest BCUT2D eigenvalue weighted by molar-refractivity contribution is -0.134. The Balaban J connectivity index is 1.78. The van der Waals surface area contributed by atoms with Gasteiger partial charge in [-0.25, -0.2) is 4.39 Å². The van der Waals surface area contributed by atoms with Crippen molar-refractivity contribution in [3.05, 3.63) is 29.7 Å². The number of hydrogen-bond donors (Lipinski definition) is 2. The van der Waals surface area contributed by atoms with Gasteiger partial charge in [-0.2, -0.15) is 0 Å². The van der Waals surface area contributed by atoms with Gasteiger partial charge in [-0.1, -0.05) is 32.1 Å². The minimum atomic E-state index is -1.13. The van der Waals surface area contributed by atoms with Gasteiger partial charge in [0.2, 0.25) is 11.8 Å². The number of halogens is 1. The van der Waals surface area contributed by atoms with Crippen molar-refractivity contribution in [3.63, 3.8) is 0 Å². The average molecular weight is 471 g/mol. The van der Waals surface area contributed by atoms with Gasteiger partial charge in [0.25, 0.3) is 5.91 Å². The first-order valence-electron chi connectivity index (χ1n) is 12.4. The summed E-state index contributed by atoms with van der Waals surface area (Å²) >= 11 is 0. The predicted octanol–water partition coefficient (Wildman–Crippen LogP) is 4.59. The number of anilines is 1. The highest BCUT2D eigenvalue weighted by Gasteiger charge is 2.50. The molecule has 8 heteroatoms. The number of rotatable bonds is 4. The first-order valence-corrected chi connectivity index (χ1v) is 12.4. The highest BCUT2D eigenvalue weighted by Crippen LogP contribution is 2.40. The third-order valence-electron chi connectivity index (χ3n) is 7.19. The molecular formula is C26H35FN4O3. The van der Waals surface area contributed by atoms with Crippen molar-refractivity contribution in [1.29, 1.82) is 0 Å². The summed E-state index contributed by atoms with van der Waals surface area (Å²) in [5.41, 5.74) is 0.0526. The number of hydrogen-bond acceptors (Lipinski definition) is 3. The molecule has 2 aromatic rings. The van der Waals surface area contributed by atoms with E-state index in [4.69, 9.17) is 0 Å². The van der Waals surface area contributed by atoms with Gasteiger partial charge in [-0.05, 0) is 51.8 Å². The first kappa shape index (κ1) is 24.2. The van der Waals surface area contributed by atoms with Crippen molar-refractivity contribution in [2.45, 2.75) is 96.8 Å². The number of aromatic nitrogens is 1. The van der Waals surface area contributed by atoms with Crippen LogP contribution in [0.25, 0.3) is 10.9 Å². The fourth-order valence-corrected chi connectivity index (χ4v) is 5.67. The van der Waals surface area contributed by atoms with E-state index in [0.717, 1.165) is 25.7 Å². The molecule has 0 bridgehead atoms. The van der Waals surface area contributed by atoms with Crippen LogP contribution in [0.5, 0.6) is 0 Å². The van der Waals surface area contributed by atoms with Gasteiger partial charge >= 0.3 is 0 Å². The summed E-state index contributed by atoms with van der Waals surface area (Å²) in [6, 6.07) is 4.10. The molecule has 0 spiro atoms. The molecule has 1 aliphatic carbocycles. The number of amides is 3. The van der Waals surface area contributed by atoms with Gasteiger partial charge in [-0.3, -0.25) is 14.4 Å². The van der Waals surface area contributed by atoms with Crippen molar-refractivity contribution in [2.75, 3.05) is 5.32 Å². The van der Waals surface area contributed by atoms with Gasteiger partial charge in [0.15, 0.2) is 0 Å². The van der Waals surface area contributed by atoms with E-state index >= 15 is 0 Å². The Morgan fingerprint density at radius 1 is 1.12 bits per heavy atom. The molecule has 1 aromatic carbocycles. The van der Waals surface area contributed by atoms with Crippen LogP contribution >= 0.6 is 0 Å². The third-order valence-corrected chi connectivity index (χ3v) is 7.19. The highest BCUT2D eigenvalue weighted by atomic mass is 19.1. The largest absolute Gasteiger partial charge is 0.351 e. The van der Waals surface area contributed by atoms with E-state index in [1.807, 2.05) is 13.8 Å². The predicted molar refractivity (Wildman–Crippen MR) is 130 cm³/mol. The fraction of sp³-hybridized carbons (Fsp3) is 0.577. The molecular weight excluding hydrogens is 435 g/mol. The van der Waals surface area contributed by atoms with Crippen LogP contribution in [-0.4, -0.2) is 44.8 Å². The van der Waals surface area contributed by atoms with E-state index in [9.17, 15) is 18.8 Å². The van der Waals surface area contributed by atoms with Crippen LogP contribution in [0.2, 0.25) is 0 Å². The lowest BCUT2D eigenvalue weighted by atomic mass is 9.91. The maximum absolute atomic E-state index is 14.1. The molecule has 0 saturated heterocycles. The van der Waals surface area contributed by atoms with E-state index in [-0.39, 0.29) is 42.0 Å². The number of fused-ring (bicyclic) bond motifs is 3. The molecule has 1 fully saturated rings. The highest BCUT2D eigenvalue weighted by molar-refractivity contribution is 6.14. The molecule has 0 radical (unpaired) electrons. The van der Waals surface area contributed by atoms with E-state index < -0.39 is 11.4 Å². The van der Waals surface area contributed by atoms with Crippen LogP contribution in [0, 0.1) is 5.82 Å². The van der Waals surface area contributed by atoms with Crippen LogP contribution in [0.3, 0.4) is 0 Å². The average Bonchev–Trinajstić information content (AvgIpc) is 3.01. The molecule has 184 valence electrons. The Labute approximate surface area is 200 Å². The van der Waals surface area contributed by atoms with Crippen molar-refractivity contribution < 1.29 is 18.8 Å². The summed E-state index contributed by atoms with van der Waals surface area (Å²) in [4.78, 5) is 41.3. The van der Waals surface area contributed by atoms with Gasteiger partial charge in [-0.15, -0.1) is 0 Å². The molecule has 4 rings (SSSR count). The molecule has 34 heavy (non-hydrogen) atoms. The summed E-state index contributed by atoms with van der Waals surface area (Å²) in [5, 5.41) is 6.44. The van der Waals surface area contributed by atoms with Crippen LogP contribution in [-0.2, 0) is 16.1 Å². The van der Waals surface area contributed by atoms with Crippen molar-refractivity contribution in [3.8, 4) is 0 Å². The van der Waals surface area contributed by atoms with E-state index in [1.54, 1.807) is 22.5 Å². The second-order valence-electron chi connectivity index (χ2n) is 10.2. The summed E-state index contributed by atoms with van der Waals surface area (Å²) in [7, 11) is 0. The lowest BCUT2D eigenvalue weighted by Crippen LogP contribution is -2.66. The number of benzene rings is 1. The molecule has 1 atom stereocenters. The minimum absolute atomic E-state index is 0.0978. The molecule has 2 heterocycles. The quantitative estimate of drug-likeness (QED) is 0.686. The Bertz CT molecular complexity index is 1120. The van der Waals surface area contributed by atoms with Gasteiger partial charge in [0, 0.05) is 24.4 Å². The Morgan fingerprint density at radius 3 is 2.38 bits per heavy atom. The molecule has 1 aliphatic heterocycles. The first-order chi connectivity index (χ1) is 16.1. The number of carbonyl (C=O) groups excluding carboxylic acids is 3. The number of carbonyl (C=O) groups is 3. The Kier molecular flexibility index (Phi) is 6.69. The van der Waals surface area contributed by atoms with Crippen LogP contribution in [0.4, 0.5) is 10.1 Å². The van der Waals surface area contributed by atoms with Crippen molar-refractivity contribution in [2.24, 2.45) is 0 Å². The zero-order valence-corrected chi connectivity index (χ0v) is 20.5. The van der Waals surface area contributed by atoms with E-state index in [2.05, 4.69) is 10.6 Å². The van der Waals surface area contributed by atoms with Gasteiger partial charge < -0.3 is 20.1 Å². The maximum atomic E-state index is 14.1. The summed E-state index contributed by atoms with van der Waals surface area (Å²) < 4.78 is 15.9. The SMILES string of the molecule is CC(=O)Nc1c2n(c3ccc(F)cc13)CC(C)(C(=O)NC1CCCCCCC1)N(C(C)C)C2=O. The molecule has 1 unspecified atom stereocenters. The summed E-state index contributed by atoms with van der Waals surface area (Å²) in [5.74, 6) is -1.33. The van der Waals surface area contributed by atoms with Crippen molar-refractivity contribution >= 4 is 34.3 Å². The maximum Gasteiger partial charge on any atom is 0.273 e. The second-order valence-corrected chi connectivity index (χ2v) is 10.2. The van der Waals surface area contributed by atoms with Gasteiger partial charge in [0.1, 0.15) is 17.1 Å². The monoisotopic (exact) mass is 470 g/mol. The normalized spacial score (nSPS) is 21.8. The molecule has 2 aliphatic rings.